The van der Waals surface area contributed by atoms with E-state index in [1.165, 1.54) is 18.2 Å². The van der Waals surface area contributed by atoms with E-state index in [0.29, 0.717) is 12.2 Å². The molecule has 6 nitrogen and oxygen atoms in total. The number of aromatic nitrogens is 2. The Kier molecular flexibility index (Phi) is 5.59. The molecule has 0 spiro atoms. The Morgan fingerprint density at radius 1 is 1.30 bits per heavy atom. The molecule has 1 aromatic carbocycles. The lowest BCUT2D eigenvalue weighted by Crippen LogP contribution is -2.21. The number of anilines is 2. The van der Waals surface area contributed by atoms with Crippen molar-refractivity contribution in [1.82, 2.24) is 9.97 Å². The fraction of sp³-hybridized carbons (Fsp3) is 0.389. The lowest BCUT2D eigenvalue weighted by Gasteiger charge is -2.12. The molecule has 1 fully saturated rings. The lowest BCUT2D eigenvalue weighted by atomic mass is 10.2. The summed E-state index contributed by atoms with van der Waals surface area (Å²) < 4.78 is 43.9. The van der Waals surface area contributed by atoms with Crippen LogP contribution < -0.4 is 10.6 Å². The highest BCUT2D eigenvalue weighted by atomic mass is 19.4. The van der Waals surface area contributed by atoms with Crippen LogP contribution in [-0.4, -0.2) is 35.1 Å². The normalized spacial score (nSPS) is 17.0. The van der Waals surface area contributed by atoms with Crippen molar-refractivity contribution in [2.75, 3.05) is 23.8 Å². The zero-order valence-corrected chi connectivity index (χ0v) is 14.6. The number of halogens is 3. The molecule has 144 valence electrons. The van der Waals surface area contributed by atoms with Gasteiger partial charge in [0.25, 0.3) is 5.91 Å². The minimum Gasteiger partial charge on any atom is -0.376 e. The molecule has 27 heavy (non-hydrogen) atoms. The van der Waals surface area contributed by atoms with E-state index in [2.05, 4.69) is 20.6 Å². The molecule has 0 saturated carbocycles. The van der Waals surface area contributed by atoms with Gasteiger partial charge in [0.2, 0.25) is 5.95 Å². The van der Waals surface area contributed by atoms with Crippen molar-refractivity contribution < 1.29 is 22.7 Å². The molecule has 1 aliphatic heterocycles. The summed E-state index contributed by atoms with van der Waals surface area (Å²) in [5.74, 6) is -0.334. The number of alkyl halides is 3. The monoisotopic (exact) mass is 380 g/mol. The molecule has 2 heterocycles. The summed E-state index contributed by atoms with van der Waals surface area (Å²) in [5.41, 5.74) is -0.165. The van der Waals surface area contributed by atoms with Crippen LogP contribution in [0.3, 0.4) is 0 Å². The summed E-state index contributed by atoms with van der Waals surface area (Å²) >= 11 is 0. The Balaban J connectivity index is 1.70. The minimum atomic E-state index is -4.48. The smallest absolute Gasteiger partial charge is 0.376 e. The van der Waals surface area contributed by atoms with Gasteiger partial charge < -0.3 is 15.4 Å². The summed E-state index contributed by atoms with van der Waals surface area (Å²) in [6, 6.07) is 5.91. The number of nitrogens with zero attached hydrogens (tertiary/aromatic N) is 2. The molecule has 1 saturated heterocycles. The van der Waals surface area contributed by atoms with E-state index < -0.39 is 17.6 Å². The first-order chi connectivity index (χ1) is 12.8. The number of amides is 1. The molecular weight excluding hydrogens is 361 g/mol. The van der Waals surface area contributed by atoms with Gasteiger partial charge in [0.05, 0.1) is 11.7 Å². The highest BCUT2D eigenvalue weighted by Gasteiger charge is 2.30. The van der Waals surface area contributed by atoms with Gasteiger partial charge in [0.15, 0.2) is 0 Å². The Labute approximate surface area is 154 Å². The lowest BCUT2D eigenvalue weighted by molar-refractivity contribution is -0.137. The van der Waals surface area contributed by atoms with Gasteiger partial charge in [-0.2, -0.15) is 13.2 Å². The van der Waals surface area contributed by atoms with Gasteiger partial charge in [-0.1, -0.05) is 6.07 Å². The quantitative estimate of drug-likeness (QED) is 0.828. The first-order valence-corrected chi connectivity index (χ1v) is 8.51. The minimum absolute atomic E-state index is 0.0416. The summed E-state index contributed by atoms with van der Waals surface area (Å²) in [4.78, 5) is 20.8. The van der Waals surface area contributed by atoms with Crippen LogP contribution >= 0.6 is 0 Å². The van der Waals surface area contributed by atoms with Gasteiger partial charge >= 0.3 is 6.18 Å². The van der Waals surface area contributed by atoms with E-state index in [0.717, 1.165) is 31.6 Å². The first-order valence-electron chi connectivity index (χ1n) is 8.51. The predicted molar refractivity (Wildman–Crippen MR) is 93.6 cm³/mol. The van der Waals surface area contributed by atoms with Gasteiger partial charge in [0, 0.05) is 24.5 Å². The maximum atomic E-state index is 12.8. The fourth-order valence-corrected chi connectivity index (χ4v) is 2.74. The van der Waals surface area contributed by atoms with Crippen LogP contribution in [0.2, 0.25) is 0 Å². The van der Waals surface area contributed by atoms with Crippen molar-refractivity contribution in [3.05, 3.63) is 47.3 Å². The third-order valence-corrected chi connectivity index (χ3v) is 4.05. The zero-order valence-electron chi connectivity index (χ0n) is 14.6. The number of hydrogen-bond donors (Lipinski definition) is 2. The van der Waals surface area contributed by atoms with E-state index in [4.69, 9.17) is 4.74 Å². The number of nitrogens with one attached hydrogen (secondary N) is 2. The Hall–Kier alpha value is -2.68. The van der Waals surface area contributed by atoms with Crippen molar-refractivity contribution in [3.8, 4) is 0 Å². The number of ether oxygens (including phenoxy) is 1. The second-order valence-electron chi connectivity index (χ2n) is 6.27. The van der Waals surface area contributed by atoms with Crippen molar-refractivity contribution in [1.29, 1.82) is 0 Å². The maximum absolute atomic E-state index is 12.8. The van der Waals surface area contributed by atoms with Gasteiger partial charge in [-0.25, -0.2) is 9.97 Å². The third kappa shape index (κ3) is 5.16. The average Bonchev–Trinajstić information content (AvgIpc) is 3.12. The van der Waals surface area contributed by atoms with Crippen molar-refractivity contribution in [2.24, 2.45) is 0 Å². The molecule has 9 heteroatoms. The Morgan fingerprint density at radius 2 is 2.11 bits per heavy atom. The molecule has 1 amide bonds. The molecule has 1 unspecified atom stereocenters. The van der Waals surface area contributed by atoms with E-state index in [-0.39, 0.29) is 23.4 Å². The van der Waals surface area contributed by atoms with Crippen LogP contribution in [0.5, 0.6) is 0 Å². The number of benzene rings is 1. The van der Waals surface area contributed by atoms with Crippen LogP contribution in [0.1, 0.15) is 34.6 Å². The van der Waals surface area contributed by atoms with Crippen LogP contribution in [0, 0.1) is 6.92 Å². The van der Waals surface area contributed by atoms with Crippen LogP contribution in [0.4, 0.5) is 24.8 Å². The summed E-state index contributed by atoms with van der Waals surface area (Å²) in [6.07, 6.45) is -2.45. The third-order valence-electron chi connectivity index (χ3n) is 4.05. The van der Waals surface area contributed by atoms with Crippen LogP contribution in [0.25, 0.3) is 0 Å². The van der Waals surface area contributed by atoms with Crippen molar-refractivity contribution >= 4 is 17.5 Å². The van der Waals surface area contributed by atoms with E-state index in [9.17, 15) is 18.0 Å². The standard InChI is InChI=1S/C18H19F3N4O2/c1-11-8-15(25-17(23-11)22-10-14-6-3-7-27-14)16(26)24-13-5-2-4-12(9-13)18(19,20)21/h2,4-5,8-9,14H,3,6-7,10H2,1H3,(H,24,26)(H,22,23,25). The number of carbonyl (C=O) groups excluding carboxylic acids is 1. The largest absolute Gasteiger partial charge is 0.416 e. The van der Waals surface area contributed by atoms with Crippen molar-refractivity contribution in [3.63, 3.8) is 0 Å². The first kappa shape index (κ1) is 19.1. The number of hydrogen-bond acceptors (Lipinski definition) is 5. The Bertz CT molecular complexity index is 820. The second kappa shape index (κ2) is 7.91. The molecule has 1 atom stereocenters. The van der Waals surface area contributed by atoms with Gasteiger partial charge in [-0.3, -0.25) is 4.79 Å². The molecule has 2 aromatic rings. The van der Waals surface area contributed by atoms with Crippen LogP contribution in [0.15, 0.2) is 30.3 Å². The van der Waals surface area contributed by atoms with E-state index >= 15 is 0 Å². The van der Waals surface area contributed by atoms with Crippen LogP contribution in [-0.2, 0) is 10.9 Å². The maximum Gasteiger partial charge on any atom is 0.416 e. The fourth-order valence-electron chi connectivity index (χ4n) is 2.74. The van der Waals surface area contributed by atoms with E-state index in [1.807, 2.05) is 0 Å². The number of rotatable bonds is 5. The molecule has 0 aliphatic carbocycles. The van der Waals surface area contributed by atoms with Gasteiger partial charge in [0.1, 0.15) is 5.69 Å². The molecule has 0 radical (unpaired) electrons. The SMILES string of the molecule is Cc1cc(C(=O)Nc2cccc(C(F)(F)F)c2)nc(NCC2CCCO2)n1. The van der Waals surface area contributed by atoms with Gasteiger partial charge in [-0.15, -0.1) is 0 Å². The molecular formula is C18H19F3N4O2. The molecule has 0 bridgehead atoms. The zero-order chi connectivity index (χ0) is 19.4. The molecule has 3 rings (SSSR count). The summed E-state index contributed by atoms with van der Waals surface area (Å²) in [5, 5.41) is 5.48. The van der Waals surface area contributed by atoms with E-state index in [1.54, 1.807) is 6.92 Å². The molecule has 1 aliphatic rings. The van der Waals surface area contributed by atoms with Crippen molar-refractivity contribution in [2.45, 2.75) is 32.0 Å². The number of aryl methyl sites for hydroxylation is 1. The summed E-state index contributed by atoms with van der Waals surface area (Å²) in [7, 11) is 0. The average molecular weight is 380 g/mol. The second-order valence-corrected chi connectivity index (χ2v) is 6.27. The summed E-state index contributed by atoms with van der Waals surface area (Å²) in [6.45, 7) is 2.96. The number of carbonyl (C=O) groups is 1. The molecule has 1 aromatic heterocycles. The topological polar surface area (TPSA) is 76.1 Å². The highest BCUT2D eigenvalue weighted by molar-refractivity contribution is 6.03. The molecule has 2 N–H and O–H groups in total. The Morgan fingerprint density at radius 3 is 2.81 bits per heavy atom. The van der Waals surface area contributed by atoms with Gasteiger partial charge in [-0.05, 0) is 44.0 Å². The highest BCUT2D eigenvalue weighted by Crippen LogP contribution is 2.30. The predicted octanol–water partition coefficient (Wildman–Crippen LogP) is 3.65.